The lowest BCUT2D eigenvalue weighted by molar-refractivity contribution is -0.127. The molecule has 114 heavy (non-hydrogen) atoms. The number of carbonyl (C=O) groups excluding carboxylic acids is 2. The number of aliphatic hydroxyl groups excluding tert-OH is 4. The van der Waals surface area contributed by atoms with Crippen molar-refractivity contribution in [1.29, 1.82) is 0 Å². The van der Waals surface area contributed by atoms with E-state index in [4.69, 9.17) is 12.8 Å². The van der Waals surface area contributed by atoms with E-state index in [0.717, 1.165) is 178 Å². The summed E-state index contributed by atoms with van der Waals surface area (Å²) in [7, 11) is 1.97. The van der Waals surface area contributed by atoms with Gasteiger partial charge in [-0.3, -0.25) is 14.6 Å². The fourth-order valence-corrected chi connectivity index (χ4v) is 36.7. The Kier molecular flexibility index (Phi) is 23.4. The van der Waals surface area contributed by atoms with E-state index in [0.29, 0.717) is 84.0 Å². The van der Waals surface area contributed by atoms with Gasteiger partial charge in [-0.1, -0.05) is 128 Å². The SMILES string of the molecule is C#C[C@H]1CCC2C3CC=C4CC(O)CC[C@]4(C)C3CC[C@@]21C.C#C[C@H]1CCC2C3CCC4=CC(=O)CC[C@]4(C)C3CC[C@@]21C.C=C(I)[C@H]1CCC2C3CC=C4CC(O)CC[C@]4(C)C3CC[C@@]21C.CC(=O)[C@H]1CCC2C3CC=C4CC(O)CC[C@]4(C)C3CC[C@@]21C.CN=C(C)[C@H]1CCC2C3CC=C4CC(O)CC[C@]4(C)C3CC[C@@]21C. The molecule has 15 fully saturated rings. The molecule has 34 atom stereocenters. The van der Waals surface area contributed by atoms with Crippen molar-refractivity contribution in [3.05, 3.63) is 68.4 Å². The van der Waals surface area contributed by atoms with Gasteiger partial charge in [0.15, 0.2) is 5.78 Å². The minimum Gasteiger partial charge on any atom is -0.393 e. The van der Waals surface area contributed by atoms with E-state index in [1.165, 1.54) is 188 Å². The molecular formula is C106H156INO6. The number of hydrogen-bond donors (Lipinski definition) is 4. The van der Waals surface area contributed by atoms with Crippen molar-refractivity contribution in [2.45, 2.75) is 364 Å². The quantitative estimate of drug-likeness (QED) is 0.0965. The molecule has 628 valence electrons. The molecular weight excluding hydrogens is 1510 g/mol. The van der Waals surface area contributed by atoms with Crippen molar-refractivity contribution in [1.82, 2.24) is 0 Å². The van der Waals surface area contributed by atoms with E-state index in [2.05, 4.69) is 146 Å². The molecule has 8 heteroatoms. The van der Waals surface area contributed by atoms with Crippen molar-refractivity contribution < 1.29 is 30.0 Å². The Hall–Kier alpha value is -2.86. The van der Waals surface area contributed by atoms with Crippen LogP contribution in [0, 0.1) is 197 Å². The van der Waals surface area contributed by atoms with Crippen LogP contribution in [0.15, 0.2) is 73.4 Å². The Balaban J connectivity index is 0.000000107. The zero-order valence-electron chi connectivity index (χ0n) is 73.8. The monoisotopic (exact) mass is 1670 g/mol. The molecule has 15 saturated carbocycles. The molecule has 0 radical (unpaired) electrons. The Labute approximate surface area is 706 Å². The van der Waals surface area contributed by atoms with Crippen molar-refractivity contribution in [3.8, 4) is 24.7 Å². The van der Waals surface area contributed by atoms with Crippen LogP contribution in [0.1, 0.15) is 340 Å². The fraction of sp³-hybridized carbons (Fsp3) is 0.821. The fourth-order valence-electron chi connectivity index (χ4n) is 35.7. The molecule has 0 amide bonds. The highest BCUT2D eigenvalue weighted by Gasteiger charge is 2.65. The zero-order valence-corrected chi connectivity index (χ0v) is 76.0. The Morgan fingerprint density at radius 2 is 0.693 bits per heavy atom. The Morgan fingerprint density at radius 1 is 0.386 bits per heavy atom. The summed E-state index contributed by atoms with van der Waals surface area (Å²) in [5, 5.41) is 40.3. The van der Waals surface area contributed by atoms with Crippen LogP contribution in [0.25, 0.3) is 0 Å². The summed E-state index contributed by atoms with van der Waals surface area (Å²) in [5.74, 6) is 22.2. The average molecular weight is 1670 g/mol. The molecule has 0 spiro atoms. The third-order valence-electron chi connectivity index (χ3n) is 42.4. The van der Waals surface area contributed by atoms with Crippen LogP contribution in [0.3, 0.4) is 0 Å². The molecule has 19 unspecified atom stereocenters. The van der Waals surface area contributed by atoms with Gasteiger partial charge < -0.3 is 20.4 Å². The summed E-state index contributed by atoms with van der Waals surface area (Å²) in [5.41, 5.74) is 12.9. The van der Waals surface area contributed by atoms with Gasteiger partial charge in [0, 0.05) is 42.9 Å². The lowest BCUT2D eigenvalue weighted by Crippen LogP contribution is -2.50. The number of hydrogen-bond acceptors (Lipinski definition) is 7. The molecule has 20 aliphatic rings. The summed E-state index contributed by atoms with van der Waals surface area (Å²) in [6.07, 6.45) is 71.4. The van der Waals surface area contributed by atoms with Gasteiger partial charge in [0.25, 0.3) is 0 Å². The highest BCUT2D eigenvalue weighted by molar-refractivity contribution is 14.1. The summed E-state index contributed by atoms with van der Waals surface area (Å²) in [6.45, 7) is 33.4. The second kappa shape index (κ2) is 31.5. The number of Topliss-reactive ketones (excluding diaryl/α,β-unsaturated/α-hetero) is 1. The van der Waals surface area contributed by atoms with E-state index in [9.17, 15) is 30.0 Å². The summed E-state index contributed by atoms with van der Waals surface area (Å²) >= 11 is 2.49. The van der Waals surface area contributed by atoms with Crippen LogP contribution in [-0.4, -0.2) is 69.2 Å². The summed E-state index contributed by atoms with van der Waals surface area (Å²) in [4.78, 5) is 28.6. The van der Waals surface area contributed by atoms with Crippen LogP contribution in [0.4, 0.5) is 0 Å². The van der Waals surface area contributed by atoms with Crippen molar-refractivity contribution in [2.75, 3.05) is 7.05 Å². The number of aliphatic imine (C=N–C) groups is 1. The number of aliphatic hydroxyl groups is 4. The van der Waals surface area contributed by atoms with E-state index in [1.807, 2.05) is 20.0 Å². The number of ketones is 2. The van der Waals surface area contributed by atoms with Gasteiger partial charge in [-0.2, -0.15) is 0 Å². The molecule has 20 rings (SSSR count). The first-order valence-corrected chi connectivity index (χ1v) is 49.1. The zero-order chi connectivity index (χ0) is 81.0. The number of allylic oxidation sites excluding steroid dienone is 6. The topological polar surface area (TPSA) is 127 Å². The highest BCUT2D eigenvalue weighted by atomic mass is 127. The highest BCUT2D eigenvalue weighted by Crippen LogP contribution is 2.73. The lowest BCUT2D eigenvalue weighted by Gasteiger charge is -2.58. The van der Waals surface area contributed by atoms with Gasteiger partial charge in [-0.15, -0.1) is 24.7 Å². The Bertz CT molecular complexity index is 3870. The summed E-state index contributed by atoms with van der Waals surface area (Å²) in [6, 6.07) is 0. The maximum atomic E-state index is 12.2. The van der Waals surface area contributed by atoms with Gasteiger partial charge in [-0.25, -0.2) is 0 Å². The predicted molar refractivity (Wildman–Crippen MR) is 476 cm³/mol. The van der Waals surface area contributed by atoms with Crippen molar-refractivity contribution in [3.63, 3.8) is 0 Å². The van der Waals surface area contributed by atoms with E-state index < -0.39 is 0 Å². The molecule has 0 aromatic rings. The second-order valence-corrected chi connectivity index (χ2v) is 47.6. The van der Waals surface area contributed by atoms with Crippen molar-refractivity contribution in [2.24, 2.45) is 178 Å². The van der Waals surface area contributed by atoms with Gasteiger partial charge in [0.2, 0.25) is 0 Å². The normalized spacial score (nSPS) is 52.0. The smallest absolute Gasteiger partial charge is 0.155 e. The van der Waals surface area contributed by atoms with E-state index >= 15 is 0 Å². The first-order valence-electron chi connectivity index (χ1n) is 48.0. The van der Waals surface area contributed by atoms with Crippen LogP contribution in [0.2, 0.25) is 0 Å². The number of terminal acetylenes is 2. The average Bonchev–Trinajstić information content (AvgIpc) is 1.48. The minimum absolute atomic E-state index is 0.0852. The van der Waals surface area contributed by atoms with Crippen LogP contribution >= 0.6 is 22.6 Å². The van der Waals surface area contributed by atoms with Crippen molar-refractivity contribution >= 4 is 39.9 Å². The molecule has 4 N–H and O–H groups in total. The largest absolute Gasteiger partial charge is 0.393 e. The maximum absolute atomic E-state index is 12.2. The lowest BCUT2D eigenvalue weighted by atomic mass is 9.47. The van der Waals surface area contributed by atoms with Crippen LogP contribution < -0.4 is 0 Å². The third-order valence-corrected chi connectivity index (χ3v) is 43.2. The van der Waals surface area contributed by atoms with Crippen LogP contribution in [-0.2, 0) is 9.59 Å². The second-order valence-electron chi connectivity index (χ2n) is 46.2. The molecule has 20 aliphatic carbocycles. The molecule has 0 aromatic carbocycles. The molecule has 7 nitrogen and oxygen atoms in total. The minimum atomic E-state index is -0.117. The standard InChI is InChI=1S/C22H35NO.C21H31IO.C21H32O2.C21H30O.C21H28O/c1-14(23-4)18-7-8-19-17-6-5-15-13-16(24)9-11-21(15,2)20(17)10-12-22(18,19)3;2*1-13(22)17-6-7-18-16-5-4-14-12-15(23)8-10-20(14,2)19(16)9-11-21(17,18)3;2*1-4-14-6-8-18-17-7-5-15-13-16(22)9-11-21(15,3)19(17)10-12-20(14,18)2/h5,16-20,24H,6-13H2,1-4H3;4,15-19,23H,1,5-12H2,2-3H3;4,15-19,23H,5-12H2,1-3H3;1,5,14,16-19,22H,6-13H2,2-3H3;1,13-14,17-19H,5-12H2,2-3H3/t16?,17?,18-,19?,20?,21+,22-;2*15?,16?,17-,18?,19?,20+,21-;14-,16?,17?,18?,19?,20+,21-;14-,17?,18?,19?,20+,21-/m11100/s1. The van der Waals surface area contributed by atoms with Gasteiger partial charge in [-0.05, 0) is 445 Å². The molecule has 0 bridgehead atoms. The first-order chi connectivity index (χ1) is 54.1. The van der Waals surface area contributed by atoms with Gasteiger partial charge in [0.05, 0.1) is 24.4 Å². The molecule has 0 aliphatic heterocycles. The van der Waals surface area contributed by atoms with Gasteiger partial charge >= 0.3 is 0 Å². The van der Waals surface area contributed by atoms with Gasteiger partial charge in [0.1, 0.15) is 5.78 Å². The number of nitrogens with zero attached hydrogens (tertiary/aromatic N) is 1. The number of carbonyl (C=O) groups is 2. The Morgan fingerprint density at radius 3 is 1.05 bits per heavy atom. The number of halogens is 1. The van der Waals surface area contributed by atoms with Crippen LogP contribution in [0.5, 0.6) is 0 Å². The predicted octanol–water partition coefficient (Wildman–Crippen LogP) is 24.7. The number of fused-ring (bicyclic) bond motifs is 25. The number of rotatable bonds is 3. The molecule has 0 aromatic heterocycles. The van der Waals surface area contributed by atoms with E-state index in [-0.39, 0.29) is 29.8 Å². The third kappa shape index (κ3) is 13.7. The first kappa shape index (κ1) is 84.7. The maximum Gasteiger partial charge on any atom is 0.155 e. The van der Waals surface area contributed by atoms with E-state index in [1.54, 1.807) is 22.3 Å². The molecule has 0 heterocycles. The summed E-state index contributed by atoms with van der Waals surface area (Å²) < 4.78 is 1.39. The molecule has 0 saturated heterocycles.